The van der Waals surface area contributed by atoms with E-state index < -0.39 is 5.91 Å². The van der Waals surface area contributed by atoms with Crippen LogP contribution in [0, 0.1) is 6.07 Å². The third-order valence-corrected chi connectivity index (χ3v) is 5.54. The van der Waals surface area contributed by atoms with Crippen LogP contribution in [-0.2, 0) is 6.54 Å². The molecule has 0 saturated heterocycles. The molecule has 5 rings (SSSR count). The Morgan fingerprint density at radius 1 is 0.806 bits per heavy atom. The highest BCUT2D eigenvalue weighted by molar-refractivity contribution is 6.17. The predicted molar refractivity (Wildman–Crippen MR) is 122 cm³/mol. The van der Waals surface area contributed by atoms with Gasteiger partial charge in [0.2, 0.25) is 5.91 Å². The second-order valence-corrected chi connectivity index (χ2v) is 7.48. The van der Waals surface area contributed by atoms with Crippen molar-refractivity contribution in [3.63, 3.8) is 0 Å². The second-order valence-electron chi connectivity index (χ2n) is 7.48. The van der Waals surface area contributed by atoms with Crippen LogP contribution in [0.15, 0.2) is 91.0 Å². The van der Waals surface area contributed by atoms with Gasteiger partial charge in [-0.05, 0) is 35.9 Å². The van der Waals surface area contributed by atoms with E-state index in [4.69, 9.17) is 5.73 Å². The standard InChI is InChI=1S/C27H19N2O2/c28-27(31)22-13-7-15-24-25(22)21-12-4-5-14-23(21)29(24)17-18-8-6-11-20(16-18)26(30)19-9-2-1-3-10-19/h1-11,13-16H,17H2,(H2,28,31). The van der Waals surface area contributed by atoms with Crippen molar-refractivity contribution in [1.29, 1.82) is 0 Å². The largest absolute Gasteiger partial charge is 0.366 e. The number of primary amides is 1. The summed E-state index contributed by atoms with van der Waals surface area (Å²) in [6.07, 6.45) is 0. The molecule has 0 atom stereocenters. The lowest BCUT2D eigenvalue weighted by atomic mass is 10.0. The number of carbonyl (C=O) groups is 2. The molecular weight excluding hydrogens is 384 g/mol. The van der Waals surface area contributed by atoms with Crippen molar-refractivity contribution >= 4 is 33.5 Å². The number of amides is 1. The number of hydrogen-bond acceptors (Lipinski definition) is 2. The Bertz CT molecular complexity index is 1450. The van der Waals surface area contributed by atoms with Crippen molar-refractivity contribution in [3.05, 3.63) is 119 Å². The number of nitrogens with two attached hydrogens (primary N) is 1. The molecule has 5 aromatic rings. The Morgan fingerprint density at radius 2 is 1.55 bits per heavy atom. The molecule has 0 aliphatic carbocycles. The summed E-state index contributed by atoms with van der Waals surface area (Å²) in [5.41, 5.74) is 10.3. The Morgan fingerprint density at radius 3 is 2.35 bits per heavy atom. The molecule has 0 fully saturated rings. The smallest absolute Gasteiger partial charge is 0.249 e. The summed E-state index contributed by atoms with van der Waals surface area (Å²) in [6, 6.07) is 31.5. The van der Waals surface area contributed by atoms with Crippen LogP contribution in [0.4, 0.5) is 0 Å². The number of nitrogens with zero attached hydrogens (tertiary/aromatic N) is 1. The average Bonchev–Trinajstić information content (AvgIpc) is 3.13. The molecule has 2 N–H and O–H groups in total. The minimum absolute atomic E-state index is 0.00554. The molecule has 1 aromatic heterocycles. The van der Waals surface area contributed by atoms with Gasteiger partial charge < -0.3 is 10.3 Å². The van der Waals surface area contributed by atoms with Crippen LogP contribution in [0.3, 0.4) is 0 Å². The lowest BCUT2D eigenvalue weighted by molar-refractivity contribution is 0.1000. The van der Waals surface area contributed by atoms with Gasteiger partial charge in [0.25, 0.3) is 0 Å². The summed E-state index contributed by atoms with van der Waals surface area (Å²) in [5.74, 6) is -0.466. The van der Waals surface area contributed by atoms with E-state index in [1.165, 1.54) is 0 Å². The zero-order chi connectivity index (χ0) is 21.4. The van der Waals surface area contributed by atoms with Gasteiger partial charge in [0.05, 0.1) is 11.0 Å². The third kappa shape index (κ3) is 3.28. The van der Waals surface area contributed by atoms with Crippen LogP contribution < -0.4 is 5.73 Å². The first-order valence-corrected chi connectivity index (χ1v) is 10.0. The summed E-state index contributed by atoms with van der Waals surface area (Å²) >= 11 is 0. The van der Waals surface area contributed by atoms with Crippen LogP contribution in [0.2, 0.25) is 0 Å². The molecule has 0 bridgehead atoms. The summed E-state index contributed by atoms with van der Waals surface area (Å²) < 4.78 is 2.14. The maximum atomic E-state index is 12.9. The quantitative estimate of drug-likeness (QED) is 0.421. The molecule has 0 aliphatic heterocycles. The van der Waals surface area contributed by atoms with Crippen molar-refractivity contribution in [2.45, 2.75) is 6.54 Å². The second kappa shape index (κ2) is 7.58. The van der Waals surface area contributed by atoms with Crippen molar-refractivity contribution < 1.29 is 9.59 Å². The molecule has 4 aromatic carbocycles. The fourth-order valence-electron chi connectivity index (χ4n) is 4.14. The summed E-state index contributed by atoms with van der Waals surface area (Å²) in [4.78, 5) is 24.9. The lowest BCUT2D eigenvalue weighted by Crippen LogP contribution is -2.11. The van der Waals surface area contributed by atoms with E-state index in [9.17, 15) is 9.59 Å². The number of ketones is 1. The van der Waals surface area contributed by atoms with E-state index in [1.54, 1.807) is 6.07 Å². The summed E-state index contributed by atoms with van der Waals surface area (Å²) in [5, 5.41) is 1.67. The molecule has 0 unspecified atom stereocenters. The summed E-state index contributed by atoms with van der Waals surface area (Å²) in [6.45, 7) is 0.552. The maximum absolute atomic E-state index is 12.9. The van der Waals surface area contributed by atoms with Crippen LogP contribution >= 0.6 is 0 Å². The van der Waals surface area contributed by atoms with Crippen LogP contribution in [0.25, 0.3) is 21.8 Å². The molecule has 1 amide bonds. The molecule has 4 heteroatoms. The normalized spacial score (nSPS) is 11.1. The van der Waals surface area contributed by atoms with Gasteiger partial charge in [-0.3, -0.25) is 9.59 Å². The number of carbonyl (C=O) groups excluding carboxylic acids is 2. The van der Waals surface area contributed by atoms with E-state index in [1.807, 2.05) is 84.9 Å². The summed E-state index contributed by atoms with van der Waals surface area (Å²) in [7, 11) is 0. The van der Waals surface area contributed by atoms with E-state index in [-0.39, 0.29) is 5.78 Å². The van der Waals surface area contributed by atoms with Gasteiger partial charge in [-0.15, -0.1) is 0 Å². The van der Waals surface area contributed by atoms with Gasteiger partial charge in [-0.1, -0.05) is 66.7 Å². The van der Waals surface area contributed by atoms with Gasteiger partial charge in [0.1, 0.15) is 0 Å². The predicted octanol–water partition coefficient (Wildman–Crippen LogP) is 4.97. The molecule has 1 heterocycles. The number of benzene rings is 4. The van der Waals surface area contributed by atoms with Gasteiger partial charge in [0, 0.05) is 34.0 Å². The number of hydrogen-bond donors (Lipinski definition) is 1. The molecule has 1 radical (unpaired) electrons. The number of rotatable bonds is 5. The molecule has 149 valence electrons. The van der Waals surface area contributed by atoms with Gasteiger partial charge in [-0.25, -0.2) is 0 Å². The Balaban J connectivity index is 1.62. The lowest BCUT2D eigenvalue weighted by Gasteiger charge is -2.10. The fraction of sp³-hybridized carbons (Fsp3) is 0.0370. The Hall–Kier alpha value is -4.18. The first kappa shape index (κ1) is 18.8. The molecule has 0 aliphatic rings. The first-order chi connectivity index (χ1) is 15.1. The monoisotopic (exact) mass is 403 g/mol. The first-order valence-electron chi connectivity index (χ1n) is 10.0. The molecular formula is C27H19N2O2. The van der Waals surface area contributed by atoms with Crippen molar-refractivity contribution in [2.75, 3.05) is 0 Å². The minimum Gasteiger partial charge on any atom is -0.366 e. The zero-order valence-electron chi connectivity index (χ0n) is 16.7. The van der Waals surface area contributed by atoms with Gasteiger partial charge in [-0.2, -0.15) is 0 Å². The number of aromatic nitrogens is 1. The van der Waals surface area contributed by atoms with Crippen LogP contribution in [-0.4, -0.2) is 16.3 Å². The topological polar surface area (TPSA) is 65.1 Å². The van der Waals surface area contributed by atoms with Crippen molar-refractivity contribution in [2.24, 2.45) is 5.73 Å². The molecule has 31 heavy (non-hydrogen) atoms. The van der Waals surface area contributed by atoms with Crippen LogP contribution in [0.1, 0.15) is 31.8 Å². The zero-order valence-corrected chi connectivity index (χ0v) is 16.7. The van der Waals surface area contributed by atoms with Crippen LogP contribution in [0.5, 0.6) is 0 Å². The minimum atomic E-state index is -0.461. The van der Waals surface area contributed by atoms with E-state index in [0.717, 1.165) is 27.4 Å². The highest BCUT2D eigenvalue weighted by Crippen LogP contribution is 2.32. The highest BCUT2D eigenvalue weighted by Gasteiger charge is 2.17. The van der Waals surface area contributed by atoms with Gasteiger partial charge >= 0.3 is 0 Å². The third-order valence-electron chi connectivity index (χ3n) is 5.54. The fourth-order valence-corrected chi connectivity index (χ4v) is 4.14. The van der Waals surface area contributed by atoms with Gasteiger partial charge in [0.15, 0.2) is 5.78 Å². The maximum Gasteiger partial charge on any atom is 0.249 e. The van der Waals surface area contributed by atoms with Crippen molar-refractivity contribution in [3.8, 4) is 0 Å². The SMILES string of the molecule is NC(=O)c1cccc2c1c1[c]cccc1n2Cc1cccc(C(=O)c2ccccc2)c1. The van der Waals surface area contributed by atoms with Crippen molar-refractivity contribution in [1.82, 2.24) is 4.57 Å². The van der Waals surface area contributed by atoms with E-state index >= 15 is 0 Å². The Labute approximate surface area is 179 Å². The van der Waals surface area contributed by atoms with E-state index in [2.05, 4.69) is 10.6 Å². The van der Waals surface area contributed by atoms with E-state index in [0.29, 0.717) is 23.2 Å². The Kier molecular flexibility index (Phi) is 4.60. The average molecular weight is 403 g/mol. The highest BCUT2D eigenvalue weighted by atomic mass is 16.1. The molecule has 0 saturated carbocycles. The molecule has 0 spiro atoms. The molecule has 4 nitrogen and oxygen atoms in total. The number of fused-ring (bicyclic) bond motifs is 3.